The van der Waals surface area contributed by atoms with E-state index in [1.165, 1.54) is 11.0 Å². The minimum atomic E-state index is -0.719. The maximum Gasteiger partial charge on any atom is 0.311 e. The molecule has 1 aliphatic rings. The van der Waals surface area contributed by atoms with E-state index in [2.05, 4.69) is 10.9 Å². The molecule has 1 aliphatic heterocycles. The van der Waals surface area contributed by atoms with Gasteiger partial charge in [-0.2, -0.15) is 0 Å². The number of hydrogen-bond acceptors (Lipinski definition) is 5. The molecule has 8 nitrogen and oxygen atoms in total. The fraction of sp³-hybridized carbons (Fsp3) is 0.200. The van der Waals surface area contributed by atoms with Crippen molar-refractivity contribution in [2.45, 2.75) is 6.42 Å². The van der Waals surface area contributed by atoms with E-state index in [9.17, 15) is 19.2 Å². The highest BCUT2D eigenvalue weighted by Gasteiger charge is 2.36. The first kappa shape index (κ1) is 20.3. The average Bonchev–Trinajstić information content (AvgIpc) is 3.13. The summed E-state index contributed by atoms with van der Waals surface area (Å²) in [4.78, 5) is 49.6. The van der Waals surface area contributed by atoms with Crippen molar-refractivity contribution in [2.75, 3.05) is 18.1 Å². The summed E-state index contributed by atoms with van der Waals surface area (Å²) in [5.41, 5.74) is 5.23. The van der Waals surface area contributed by atoms with Gasteiger partial charge >= 0.3 is 5.97 Å². The number of benzene rings is 2. The maximum atomic E-state index is 12.2. The van der Waals surface area contributed by atoms with Gasteiger partial charge in [0.1, 0.15) is 0 Å². The number of ether oxygens (including phenoxy) is 1. The predicted molar refractivity (Wildman–Crippen MR) is 105 cm³/mol. The Morgan fingerprint density at radius 3 is 2.45 bits per heavy atom. The van der Waals surface area contributed by atoms with Crippen molar-refractivity contribution in [3.05, 3.63) is 65.2 Å². The molecule has 0 bridgehead atoms. The van der Waals surface area contributed by atoms with Crippen LogP contribution < -0.4 is 15.8 Å². The number of carbonyl (C=O) groups is 4. The number of amides is 3. The molecule has 150 valence electrons. The molecular weight excluding hydrogens is 398 g/mol. The quantitative estimate of drug-likeness (QED) is 0.571. The van der Waals surface area contributed by atoms with E-state index in [0.29, 0.717) is 5.69 Å². The topological polar surface area (TPSA) is 105 Å². The van der Waals surface area contributed by atoms with Crippen LogP contribution in [0.3, 0.4) is 0 Å². The molecule has 1 atom stereocenters. The highest BCUT2D eigenvalue weighted by atomic mass is 35.5. The van der Waals surface area contributed by atoms with Gasteiger partial charge in [-0.3, -0.25) is 30.0 Å². The minimum Gasteiger partial charge on any atom is -0.455 e. The van der Waals surface area contributed by atoms with E-state index in [1.54, 1.807) is 42.5 Å². The van der Waals surface area contributed by atoms with Crippen molar-refractivity contribution in [3.8, 4) is 0 Å². The summed E-state index contributed by atoms with van der Waals surface area (Å²) in [6.45, 7) is -0.399. The SMILES string of the molecule is O=C(COC(=O)[C@@H]1CC(=O)N(c2ccccc2)C1)NNC(=O)c1ccccc1Cl. The first-order valence-corrected chi connectivity index (χ1v) is 9.19. The molecule has 0 spiro atoms. The van der Waals surface area contributed by atoms with Gasteiger partial charge in [-0.1, -0.05) is 41.9 Å². The summed E-state index contributed by atoms with van der Waals surface area (Å²) in [7, 11) is 0. The lowest BCUT2D eigenvalue weighted by Gasteiger charge is -2.16. The van der Waals surface area contributed by atoms with E-state index in [0.717, 1.165) is 0 Å². The Kier molecular flexibility index (Phi) is 6.46. The van der Waals surface area contributed by atoms with Crippen molar-refractivity contribution < 1.29 is 23.9 Å². The van der Waals surface area contributed by atoms with Crippen LogP contribution in [-0.2, 0) is 19.1 Å². The standard InChI is InChI=1S/C20H18ClN3O5/c21-16-9-5-4-8-15(16)19(27)23-22-17(25)12-29-20(28)13-10-18(26)24(11-13)14-6-2-1-3-7-14/h1-9,13H,10-12H2,(H,22,25)(H,23,27)/t13-/m1/s1. The summed E-state index contributed by atoms with van der Waals surface area (Å²) in [6.07, 6.45) is 0.0125. The van der Waals surface area contributed by atoms with Crippen molar-refractivity contribution >= 4 is 41.0 Å². The highest BCUT2D eigenvalue weighted by Crippen LogP contribution is 2.25. The molecule has 1 saturated heterocycles. The fourth-order valence-corrected chi connectivity index (χ4v) is 3.07. The van der Waals surface area contributed by atoms with Crippen LogP contribution in [-0.4, -0.2) is 36.8 Å². The number of esters is 1. The fourth-order valence-electron chi connectivity index (χ4n) is 2.85. The highest BCUT2D eigenvalue weighted by molar-refractivity contribution is 6.33. The number of para-hydroxylation sites is 1. The summed E-state index contributed by atoms with van der Waals surface area (Å²) < 4.78 is 4.97. The van der Waals surface area contributed by atoms with Crippen LogP contribution in [0.4, 0.5) is 5.69 Å². The first-order valence-electron chi connectivity index (χ1n) is 8.81. The summed E-state index contributed by atoms with van der Waals surface area (Å²) in [6, 6.07) is 15.3. The summed E-state index contributed by atoms with van der Waals surface area (Å²) in [5, 5.41) is 0.236. The molecular formula is C20H18ClN3O5. The Morgan fingerprint density at radius 2 is 1.72 bits per heavy atom. The van der Waals surface area contributed by atoms with Crippen molar-refractivity contribution in [1.82, 2.24) is 10.9 Å². The molecule has 1 heterocycles. The van der Waals surface area contributed by atoms with Crippen LogP contribution >= 0.6 is 11.6 Å². The Bertz CT molecular complexity index is 935. The van der Waals surface area contributed by atoms with Crippen LogP contribution in [0.2, 0.25) is 5.02 Å². The summed E-state index contributed by atoms with van der Waals surface area (Å²) >= 11 is 5.90. The molecule has 2 N–H and O–H groups in total. The molecule has 29 heavy (non-hydrogen) atoms. The molecule has 0 saturated carbocycles. The lowest BCUT2D eigenvalue weighted by atomic mass is 10.1. The Balaban J connectivity index is 1.45. The largest absolute Gasteiger partial charge is 0.455 e. The van der Waals surface area contributed by atoms with Gasteiger partial charge in [0.2, 0.25) is 5.91 Å². The normalized spacial score (nSPS) is 15.7. The summed E-state index contributed by atoms with van der Waals surface area (Å²) in [5.74, 6) is -2.81. The van der Waals surface area contributed by atoms with Gasteiger partial charge in [0.25, 0.3) is 11.8 Å². The van der Waals surface area contributed by atoms with Crippen LogP contribution in [0.5, 0.6) is 0 Å². The van der Waals surface area contributed by atoms with Crippen LogP contribution in [0.25, 0.3) is 0 Å². The van der Waals surface area contributed by atoms with E-state index < -0.39 is 30.3 Å². The second kappa shape index (κ2) is 9.20. The molecule has 0 aromatic heterocycles. The van der Waals surface area contributed by atoms with Crippen LogP contribution in [0, 0.1) is 5.92 Å². The van der Waals surface area contributed by atoms with Crippen molar-refractivity contribution in [1.29, 1.82) is 0 Å². The zero-order chi connectivity index (χ0) is 20.8. The molecule has 3 rings (SSSR count). The van der Waals surface area contributed by atoms with Gasteiger partial charge in [-0.15, -0.1) is 0 Å². The number of carbonyl (C=O) groups excluding carboxylic acids is 4. The van der Waals surface area contributed by atoms with E-state index in [4.69, 9.17) is 16.3 Å². The number of nitrogens with zero attached hydrogens (tertiary/aromatic N) is 1. The third-order valence-electron chi connectivity index (χ3n) is 4.31. The molecule has 2 aromatic rings. The van der Waals surface area contributed by atoms with Crippen LogP contribution in [0.15, 0.2) is 54.6 Å². The zero-order valence-electron chi connectivity index (χ0n) is 15.3. The second-order valence-corrected chi connectivity index (χ2v) is 6.74. The van der Waals surface area contributed by atoms with Gasteiger partial charge in [-0.25, -0.2) is 0 Å². The number of halogens is 1. The molecule has 0 radical (unpaired) electrons. The molecule has 1 fully saturated rings. The number of hydrazine groups is 1. The third kappa shape index (κ3) is 5.11. The van der Waals surface area contributed by atoms with Crippen molar-refractivity contribution in [2.24, 2.45) is 5.92 Å². The van der Waals surface area contributed by atoms with E-state index >= 15 is 0 Å². The second-order valence-electron chi connectivity index (χ2n) is 6.33. The molecule has 9 heteroatoms. The van der Waals surface area contributed by atoms with Gasteiger partial charge in [0.15, 0.2) is 6.61 Å². The van der Waals surface area contributed by atoms with Gasteiger partial charge in [0, 0.05) is 18.7 Å². The third-order valence-corrected chi connectivity index (χ3v) is 4.64. The Labute approximate surface area is 171 Å². The lowest BCUT2D eigenvalue weighted by Crippen LogP contribution is -2.44. The van der Waals surface area contributed by atoms with E-state index in [-0.39, 0.29) is 29.5 Å². The smallest absolute Gasteiger partial charge is 0.311 e. The lowest BCUT2D eigenvalue weighted by molar-refractivity contribution is -0.152. The minimum absolute atomic E-state index is 0.0125. The first-order chi connectivity index (χ1) is 14.0. The number of hydrogen-bond donors (Lipinski definition) is 2. The predicted octanol–water partition coefficient (Wildman–Crippen LogP) is 1.70. The Morgan fingerprint density at radius 1 is 1.03 bits per heavy atom. The molecule has 0 aliphatic carbocycles. The Hall–Kier alpha value is -3.39. The average molecular weight is 416 g/mol. The monoisotopic (exact) mass is 415 g/mol. The number of anilines is 1. The number of rotatable bonds is 5. The number of nitrogens with one attached hydrogen (secondary N) is 2. The maximum absolute atomic E-state index is 12.2. The van der Waals surface area contributed by atoms with Gasteiger partial charge in [-0.05, 0) is 24.3 Å². The van der Waals surface area contributed by atoms with Gasteiger partial charge in [0.05, 0.1) is 16.5 Å². The van der Waals surface area contributed by atoms with Crippen LogP contribution in [0.1, 0.15) is 16.8 Å². The molecule has 0 unspecified atom stereocenters. The van der Waals surface area contributed by atoms with E-state index in [1.807, 2.05) is 6.07 Å². The molecule has 2 aromatic carbocycles. The van der Waals surface area contributed by atoms with Gasteiger partial charge < -0.3 is 9.64 Å². The van der Waals surface area contributed by atoms with Crippen molar-refractivity contribution in [3.63, 3.8) is 0 Å². The molecule has 3 amide bonds. The zero-order valence-corrected chi connectivity index (χ0v) is 16.0.